The number of hydrogen-bond acceptors (Lipinski definition) is 4. The van der Waals surface area contributed by atoms with Gasteiger partial charge in [0.05, 0.1) is 0 Å². The van der Waals surface area contributed by atoms with E-state index < -0.39 is 0 Å². The van der Waals surface area contributed by atoms with E-state index in [0.717, 1.165) is 24.3 Å². The fourth-order valence-corrected chi connectivity index (χ4v) is 1.34. The standard InChI is InChI=1S/C9H14ClN3O/c1-7-6-11-9(10)12-8(7)13(2)4-3-5-14/h6,14H,3-5H2,1-2H3. The highest BCUT2D eigenvalue weighted by molar-refractivity contribution is 6.28. The smallest absolute Gasteiger partial charge is 0.224 e. The number of hydrogen-bond donors (Lipinski definition) is 1. The van der Waals surface area contributed by atoms with Crippen molar-refractivity contribution in [3.05, 3.63) is 17.0 Å². The lowest BCUT2D eigenvalue weighted by atomic mass is 10.3. The van der Waals surface area contributed by atoms with Crippen molar-refractivity contribution in [1.29, 1.82) is 0 Å². The first-order valence-corrected chi connectivity index (χ1v) is 4.84. The van der Waals surface area contributed by atoms with Crippen LogP contribution in [-0.4, -0.2) is 35.3 Å². The van der Waals surface area contributed by atoms with Crippen molar-refractivity contribution in [1.82, 2.24) is 9.97 Å². The summed E-state index contributed by atoms with van der Waals surface area (Å²) in [5.74, 6) is 0.818. The molecule has 0 spiro atoms. The maximum atomic E-state index is 8.70. The molecule has 0 saturated carbocycles. The molecule has 0 radical (unpaired) electrons. The third-order valence-electron chi connectivity index (χ3n) is 1.93. The van der Waals surface area contributed by atoms with E-state index in [2.05, 4.69) is 9.97 Å². The number of halogens is 1. The summed E-state index contributed by atoms with van der Waals surface area (Å²) in [5.41, 5.74) is 0.981. The molecule has 14 heavy (non-hydrogen) atoms. The third kappa shape index (κ3) is 2.82. The van der Waals surface area contributed by atoms with Gasteiger partial charge in [-0.15, -0.1) is 0 Å². The maximum Gasteiger partial charge on any atom is 0.224 e. The minimum absolute atomic E-state index is 0.183. The lowest BCUT2D eigenvalue weighted by Crippen LogP contribution is -2.21. The summed E-state index contributed by atoms with van der Waals surface area (Å²) in [6.45, 7) is 2.87. The average molecular weight is 216 g/mol. The summed E-state index contributed by atoms with van der Waals surface area (Å²) in [6, 6.07) is 0. The van der Waals surface area contributed by atoms with E-state index in [1.165, 1.54) is 0 Å². The predicted octanol–water partition coefficient (Wildman–Crippen LogP) is 1.26. The Morgan fingerprint density at radius 2 is 2.29 bits per heavy atom. The Labute approximate surface area is 88.6 Å². The highest BCUT2D eigenvalue weighted by Gasteiger charge is 2.06. The predicted molar refractivity (Wildman–Crippen MR) is 56.8 cm³/mol. The van der Waals surface area contributed by atoms with Crippen LogP contribution in [0.5, 0.6) is 0 Å². The van der Waals surface area contributed by atoms with E-state index in [4.69, 9.17) is 16.7 Å². The lowest BCUT2D eigenvalue weighted by Gasteiger charge is -2.19. The van der Waals surface area contributed by atoms with Crippen LogP contribution in [0.4, 0.5) is 5.82 Å². The molecule has 0 fully saturated rings. The van der Waals surface area contributed by atoms with E-state index in [0.29, 0.717) is 0 Å². The number of aryl methyl sites for hydroxylation is 1. The Hall–Kier alpha value is -0.870. The molecule has 0 aliphatic carbocycles. The molecule has 0 aromatic carbocycles. The van der Waals surface area contributed by atoms with Crippen molar-refractivity contribution < 1.29 is 5.11 Å². The molecule has 0 unspecified atom stereocenters. The molecule has 1 N–H and O–H groups in total. The summed E-state index contributed by atoms with van der Waals surface area (Å²) < 4.78 is 0. The topological polar surface area (TPSA) is 49.2 Å². The number of aromatic nitrogens is 2. The van der Waals surface area contributed by atoms with Crippen LogP contribution in [0.1, 0.15) is 12.0 Å². The molecule has 0 amide bonds. The highest BCUT2D eigenvalue weighted by atomic mass is 35.5. The molecule has 5 heteroatoms. The Morgan fingerprint density at radius 1 is 1.57 bits per heavy atom. The van der Waals surface area contributed by atoms with Crippen molar-refractivity contribution >= 4 is 17.4 Å². The van der Waals surface area contributed by atoms with E-state index in [-0.39, 0.29) is 11.9 Å². The van der Waals surface area contributed by atoms with E-state index in [1.807, 2.05) is 18.9 Å². The van der Waals surface area contributed by atoms with Gasteiger partial charge in [0.25, 0.3) is 0 Å². The molecule has 1 rings (SSSR count). The first kappa shape index (κ1) is 11.2. The molecule has 0 aliphatic heterocycles. The Balaban J connectivity index is 2.77. The van der Waals surface area contributed by atoms with Crippen LogP contribution in [0.2, 0.25) is 5.28 Å². The molecule has 4 nitrogen and oxygen atoms in total. The largest absolute Gasteiger partial charge is 0.396 e. The fraction of sp³-hybridized carbons (Fsp3) is 0.556. The zero-order chi connectivity index (χ0) is 10.6. The van der Waals surface area contributed by atoms with Gasteiger partial charge in [-0.2, -0.15) is 0 Å². The fourth-order valence-electron chi connectivity index (χ4n) is 1.21. The van der Waals surface area contributed by atoms with E-state index in [1.54, 1.807) is 6.20 Å². The van der Waals surface area contributed by atoms with Gasteiger partial charge in [-0.1, -0.05) is 0 Å². The maximum absolute atomic E-state index is 8.70. The van der Waals surface area contributed by atoms with Crippen molar-refractivity contribution in [2.75, 3.05) is 25.1 Å². The minimum Gasteiger partial charge on any atom is -0.396 e. The molecule has 0 aliphatic rings. The molecule has 0 bridgehead atoms. The third-order valence-corrected chi connectivity index (χ3v) is 2.11. The lowest BCUT2D eigenvalue weighted by molar-refractivity contribution is 0.290. The van der Waals surface area contributed by atoms with Gasteiger partial charge in [-0.25, -0.2) is 9.97 Å². The van der Waals surface area contributed by atoms with Gasteiger partial charge in [0, 0.05) is 32.0 Å². The number of rotatable bonds is 4. The SMILES string of the molecule is Cc1cnc(Cl)nc1N(C)CCCO. The Bertz CT molecular complexity index is 306. The summed E-state index contributed by atoms with van der Waals surface area (Å²) in [7, 11) is 1.92. The van der Waals surface area contributed by atoms with Crippen LogP contribution in [0.15, 0.2) is 6.20 Å². The van der Waals surface area contributed by atoms with Crippen LogP contribution < -0.4 is 4.90 Å². The number of aliphatic hydroxyl groups excluding tert-OH is 1. The molecule has 0 saturated heterocycles. The van der Waals surface area contributed by atoms with Crippen LogP contribution in [0.3, 0.4) is 0 Å². The Kier molecular flexibility index (Phi) is 4.10. The minimum atomic E-state index is 0.183. The summed E-state index contributed by atoms with van der Waals surface area (Å²) in [4.78, 5) is 9.96. The molecular weight excluding hydrogens is 202 g/mol. The number of aliphatic hydroxyl groups is 1. The molecule has 1 aromatic heterocycles. The molecule has 1 aromatic rings. The van der Waals surface area contributed by atoms with E-state index >= 15 is 0 Å². The van der Waals surface area contributed by atoms with Gasteiger partial charge < -0.3 is 10.0 Å². The summed E-state index contributed by atoms with van der Waals surface area (Å²) in [5, 5.41) is 8.95. The van der Waals surface area contributed by atoms with Gasteiger partial charge in [0.1, 0.15) is 5.82 Å². The molecule has 1 heterocycles. The van der Waals surface area contributed by atoms with Gasteiger partial charge >= 0.3 is 0 Å². The first-order valence-electron chi connectivity index (χ1n) is 4.46. The van der Waals surface area contributed by atoms with Gasteiger partial charge in [0.15, 0.2) is 0 Å². The number of anilines is 1. The summed E-state index contributed by atoms with van der Waals surface area (Å²) >= 11 is 5.70. The van der Waals surface area contributed by atoms with Gasteiger partial charge in [0.2, 0.25) is 5.28 Å². The van der Waals surface area contributed by atoms with Crippen LogP contribution in [-0.2, 0) is 0 Å². The van der Waals surface area contributed by atoms with Crippen molar-refractivity contribution in [2.45, 2.75) is 13.3 Å². The highest BCUT2D eigenvalue weighted by Crippen LogP contribution is 2.16. The quantitative estimate of drug-likeness (QED) is 0.769. The second kappa shape index (κ2) is 5.12. The second-order valence-corrected chi connectivity index (χ2v) is 3.48. The Morgan fingerprint density at radius 3 is 2.93 bits per heavy atom. The van der Waals surface area contributed by atoms with Crippen molar-refractivity contribution in [2.24, 2.45) is 0 Å². The van der Waals surface area contributed by atoms with Crippen molar-refractivity contribution in [3.63, 3.8) is 0 Å². The zero-order valence-corrected chi connectivity index (χ0v) is 9.12. The number of nitrogens with zero attached hydrogens (tertiary/aromatic N) is 3. The normalized spacial score (nSPS) is 10.3. The zero-order valence-electron chi connectivity index (χ0n) is 8.37. The van der Waals surface area contributed by atoms with E-state index in [9.17, 15) is 0 Å². The monoisotopic (exact) mass is 215 g/mol. The van der Waals surface area contributed by atoms with Crippen LogP contribution >= 0.6 is 11.6 Å². The average Bonchev–Trinajstić information content (AvgIpc) is 2.18. The molecular formula is C9H14ClN3O. The van der Waals surface area contributed by atoms with Crippen molar-refractivity contribution in [3.8, 4) is 0 Å². The first-order chi connectivity index (χ1) is 6.65. The van der Waals surface area contributed by atoms with Crippen LogP contribution in [0, 0.1) is 6.92 Å². The summed E-state index contributed by atoms with van der Waals surface area (Å²) in [6.07, 6.45) is 2.41. The second-order valence-electron chi connectivity index (χ2n) is 3.14. The van der Waals surface area contributed by atoms with Gasteiger partial charge in [-0.05, 0) is 24.9 Å². The molecule has 0 atom stereocenters. The van der Waals surface area contributed by atoms with Crippen LogP contribution in [0.25, 0.3) is 0 Å². The molecule has 78 valence electrons. The van der Waals surface area contributed by atoms with Gasteiger partial charge in [-0.3, -0.25) is 0 Å².